The lowest BCUT2D eigenvalue weighted by Gasteiger charge is -2.50. The molecule has 0 aromatic heterocycles. The molecular weight excluding hydrogens is 436 g/mol. The van der Waals surface area contributed by atoms with Gasteiger partial charge in [-0.1, -0.05) is 29.8 Å². The monoisotopic (exact) mass is 460 g/mol. The molecule has 2 aliphatic rings. The van der Waals surface area contributed by atoms with Crippen molar-refractivity contribution in [3.8, 4) is 5.75 Å². The van der Waals surface area contributed by atoms with Gasteiger partial charge < -0.3 is 14.7 Å². The summed E-state index contributed by atoms with van der Waals surface area (Å²) in [7, 11) is -2.52. The van der Waals surface area contributed by atoms with E-state index in [1.54, 1.807) is 36.3 Å². The summed E-state index contributed by atoms with van der Waals surface area (Å²) in [6.07, 6.45) is -2.23. The van der Waals surface area contributed by atoms with Crippen molar-refractivity contribution in [2.75, 3.05) is 20.2 Å². The van der Waals surface area contributed by atoms with Crippen LogP contribution in [0.15, 0.2) is 53.4 Å². The van der Waals surface area contributed by atoms with Crippen LogP contribution in [0.2, 0.25) is 0 Å². The molecule has 0 saturated carbocycles. The first kappa shape index (κ1) is 22.1. The standard InChI is InChI=1S/C22H24N2O7S/c1-15-3-9-19(10-4-15)32(28,29)31-18-11-22(24(13-18)21(26)27)14-23(20(22)25)12-16-5-7-17(30-2)8-6-16/h3-10,18H,11-14H2,1-2H3,(H,26,27)/t18-,22?/m1/s1. The van der Waals surface area contributed by atoms with Gasteiger partial charge in [-0.15, -0.1) is 0 Å². The first-order chi connectivity index (χ1) is 15.1. The Morgan fingerprint density at radius 3 is 2.38 bits per heavy atom. The second-order valence-electron chi connectivity index (χ2n) is 8.12. The van der Waals surface area contributed by atoms with Gasteiger partial charge in [0.2, 0.25) is 0 Å². The van der Waals surface area contributed by atoms with E-state index < -0.39 is 27.9 Å². The number of ether oxygens (including phenoxy) is 1. The van der Waals surface area contributed by atoms with Crippen molar-refractivity contribution in [3.05, 3.63) is 59.7 Å². The minimum Gasteiger partial charge on any atom is -0.497 e. The molecule has 10 heteroatoms. The number of hydrogen-bond acceptors (Lipinski definition) is 6. The number of carbonyl (C=O) groups excluding carboxylic acids is 1. The number of amides is 2. The number of methoxy groups -OCH3 is 1. The summed E-state index contributed by atoms with van der Waals surface area (Å²) in [5.41, 5.74) is 0.479. The Hall–Kier alpha value is -3.11. The van der Waals surface area contributed by atoms with Crippen LogP contribution in [-0.2, 0) is 25.6 Å². The maximum absolute atomic E-state index is 13.0. The molecule has 1 unspecified atom stereocenters. The van der Waals surface area contributed by atoms with Crippen molar-refractivity contribution in [2.24, 2.45) is 0 Å². The molecular formula is C22H24N2O7S. The first-order valence-corrected chi connectivity index (χ1v) is 11.5. The van der Waals surface area contributed by atoms with Crippen molar-refractivity contribution in [1.29, 1.82) is 0 Å². The minimum atomic E-state index is -4.09. The Bertz CT molecular complexity index is 1130. The lowest BCUT2D eigenvalue weighted by molar-refractivity contribution is -0.160. The molecule has 4 rings (SSSR count). The predicted molar refractivity (Wildman–Crippen MR) is 114 cm³/mol. The normalized spacial score (nSPS) is 22.8. The first-order valence-electron chi connectivity index (χ1n) is 10.1. The van der Waals surface area contributed by atoms with Crippen molar-refractivity contribution in [1.82, 2.24) is 9.80 Å². The molecule has 32 heavy (non-hydrogen) atoms. The summed E-state index contributed by atoms with van der Waals surface area (Å²) in [6.45, 7) is 2.14. The predicted octanol–water partition coefficient (Wildman–Crippen LogP) is 2.24. The van der Waals surface area contributed by atoms with Gasteiger partial charge >= 0.3 is 6.09 Å². The quantitative estimate of drug-likeness (QED) is 0.519. The fourth-order valence-corrected chi connectivity index (χ4v) is 5.35. The van der Waals surface area contributed by atoms with Crippen LogP contribution in [-0.4, -0.2) is 67.2 Å². The van der Waals surface area contributed by atoms with Crippen molar-refractivity contribution < 1.29 is 32.0 Å². The molecule has 0 aliphatic carbocycles. The number of benzene rings is 2. The van der Waals surface area contributed by atoms with E-state index in [1.807, 2.05) is 19.1 Å². The molecule has 2 heterocycles. The van der Waals surface area contributed by atoms with E-state index >= 15 is 0 Å². The maximum Gasteiger partial charge on any atom is 0.408 e. The Labute approximate surface area is 186 Å². The summed E-state index contributed by atoms with van der Waals surface area (Å²) < 4.78 is 35.8. The van der Waals surface area contributed by atoms with Gasteiger partial charge in [-0.3, -0.25) is 13.9 Å². The van der Waals surface area contributed by atoms with Gasteiger partial charge in [-0.25, -0.2) is 4.79 Å². The van der Waals surface area contributed by atoms with Crippen molar-refractivity contribution in [3.63, 3.8) is 0 Å². The van der Waals surface area contributed by atoms with Crippen LogP contribution < -0.4 is 4.74 Å². The van der Waals surface area contributed by atoms with Crippen LogP contribution in [0.25, 0.3) is 0 Å². The van der Waals surface area contributed by atoms with Crippen LogP contribution in [0.5, 0.6) is 5.75 Å². The number of likely N-dealkylation sites (tertiary alicyclic amines) is 2. The molecule has 9 nitrogen and oxygen atoms in total. The average Bonchev–Trinajstić information content (AvgIpc) is 3.14. The molecule has 2 amide bonds. The number of carbonyl (C=O) groups is 2. The van der Waals surface area contributed by atoms with E-state index in [0.717, 1.165) is 16.0 Å². The number of carboxylic acid groups (broad SMARTS) is 1. The molecule has 2 aromatic rings. The molecule has 2 aliphatic heterocycles. The zero-order valence-electron chi connectivity index (χ0n) is 17.7. The summed E-state index contributed by atoms with van der Waals surface area (Å²) in [5, 5.41) is 9.67. The number of nitrogens with zero attached hydrogens (tertiary/aromatic N) is 2. The van der Waals surface area contributed by atoms with Gasteiger partial charge in [0.15, 0.2) is 0 Å². The Balaban J connectivity index is 1.47. The molecule has 2 fully saturated rings. The molecule has 2 aromatic carbocycles. The van der Waals surface area contributed by atoms with Gasteiger partial charge in [-0.2, -0.15) is 8.42 Å². The van der Waals surface area contributed by atoms with E-state index in [9.17, 15) is 23.1 Å². The fourth-order valence-electron chi connectivity index (χ4n) is 4.28. The number of hydrogen-bond donors (Lipinski definition) is 1. The molecule has 1 N–H and O–H groups in total. The van der Waals surface area contributed by atoms with Crippen LogP contribution in [0.4, 0.5) is 4.79 Å². The fraction of sp³-hybridized carbons (Fsp3) is 0.364. The third-order valence-electron chi connectivity index (χ3n) is 5.94. The molecule has 170 valence electrons. The SMILES string of the molecule is COc1ccc(CN2CC3(C[C@@H](OS(=O)(=O)c4ccc(C)cc4)CN3C(=O)O)C2=O)cc1. The van der Waals surface area contributed by atoms with Crippen LogP contribution in [0.3, 0.4) is 0 Å². The number of β-lactam (4-membered cyclic amide) rings is 1. The van der Waals surface area contributed by atoms with E-state index in [1.165, 1.54) is 12.1 Å². The lowest BCUT2D eigenvalue weighted by atomic mass is 9.85. The van der Waals surface area contributed by atoms with Gasteiger partial charge in [0.1, 0.15) is 11.3 Å². The molecule has 2 saturated heterocycles. The lowest BCUT2D eigenvalue weighted by Crippen LogP contribution is -2.72. The highest BCUT2D eigenvalue weighted by Gasteiger charge is 2.63. The van der Waals surface area contributed by atoms with Gasteiger partial charge in [0.25, 0.3) is 16.0 Å². The van der Waals surface area contributed by atoms with Crippen LogP contribution >= 0.6 is 0 Å². The zero-order valence-corrected chi connectivity index (χ0v) is 18.5. The topological polar surface area (TPSA) is 113 Å². The van der Waals surface area contributed by atoms with Crippen molar-refractivity contribution >= 4 is 22.1 Å². The zero-order chi connectivity index (χ0) is 23.1. The van der Waals surface area contributed by atoms with Crippen LogP contribution in [0, 0.1) is 6.92 Å². The largest absolute Gasteiger partial charge is 0.497 e. The summed E-state index contributed by atoms with van der Waals surface area (Å²) in [6, 6.07) is 13.4. The summed E-state index contributed by atoms with van der Waals surface area (Å²) >= 11 is 0. The van der Waals surface area contributed by atoms with E-state index in [-0.39, 0.29) is 30.3 Å². The summed E-state index contributed by atoms with van der Waals surface area (Å²) in [5.74, 6) is 0.345. The Kier molecular flexibility index (Phi) is 5.59. The number of rotatable bonds is 6. The maximum atomic E-state index is 13.0. The minimum absolute atomic E-state index is 0.00741. The third-order valence-corrected chi connectivity index (χ3v) is 7.32. The van der Waals surface area contributed by atoms with Gasteiger partial charge in [0, 0.05) is 13.0 Å². The molecule has 0 bridgehead atoms. The van der Waals surface area contributed by atoms with Gasteiger partial charge in [0.05, 0.1) is 31.2 Å². The Morgan fingerprint density at radius 2 is 1.81 bits per heavy atom. The van der Waals surface area contributed by atoms with Crippen molar-refractivity contribution in [2.45, 2.75) is 36.4 Å². The highest BCUT2D eigenvalue weighted by Crippen LogP contribution is 2.41. The van der Waals surface area contributed by atoms with E-state index in [2.05, 4.69) is 0 Å². The molecule has 0 radical (unpaired) electrons. The average molecular weight is 461 g/mol. The summed E-state index contributed by atoms with van der Waals surface area (Å²) in [4.78, 5) is 27.4. The second kappa shape index (κ2) is 8.10. The third kappa shape index (κ3) is 3.91. The number of aryl methyl sites for hydroxylation is 1. The van der Waals surface area contributed by atoms with Crippen LogP contribution in [0.1, 0.15) is 17.5 Å². The Morgan fingerprint density at radius 1 is 1.16 bits per heavy atom. The highest BCUT2D eigenvalue weighted by atomic mass is 32.2. The molecule has 2 atom stereocenters. The van der Waals surface area contributed by atoms with E-state index in [4.69, 9.17) is 8.92 Å². The van der Waals surface area contributed by atoms with E-state index in [0.29, 0.717) is 12.3 Å². The highest BCUT2D eigenvalue weighted by molar-refractivity contribution is 7.86. The molecule has 1 spiro atoms. The van der Waals surface area contributed by atoms with Gasteiger partial charge in [-0.05, 0) is 36.8 Å². The second-order valence-corrected chi connectivity index (χ2v) is 9.70. The smallest absolute Gasteiger partial charge is 0.408 e.